The van der Waals surface area contributed by atoms with E-state index in [2.05, 4.69) is 16.0 Å². The molecule has 0 aromatic carbocycles. The summed E-state index contributed by atoms with van der Waals surface area (Å²) in [6.07, 6.45) is -0.586. The first kappa shape index (κ1) is 22.8. The average molecular weight is 360 g/mol. The Morgan fingerprint density at radius 3 is 2.04 bits per heavy atom. The zero-order valence-electron chi connectivity index (χ0n) is 14.9. The molecule has 0 saturated heterocycles. The SMILES string of the molecule is CCC(C)C(N)C(=O)NCC(=O)NC(C)C(=O)NC(C(=O)O)C(C)O. The van der Waals surface area contributed by atoms with E-state index in [-0.39, 0.29) is 12.5 Å². The van der Waals surface area contributed by atoms with E-state index in [1.165, 1.54) is 13.8 Å². The highest BCUT2D eigenvalue weighted by molar-refractivity contribution is 5.92. The second kappa shape index (κ2) is 10.6. The van der Waals surface area contributed by atoms with Crippen molar-refractivity contribution in [2.24, 2.45) is 11.7 Å². The molecule has 3 amide bonds. The maximum Gasteiger partial charge on any atom is 0.328 e. The predicted octanol–water partition coefficient (Wildman–Crippen LogP) is -2.07. The molecule has 0 saturated carbocycles. The molecule has 0 aromatic rings. The largest absolute Gasteiger partial charge is 0.480 e. The first-order valence-corrected chi connectivity index (χ1v) is 8.05. The summed E-state index contributed by atoms with van der Waals surface area (Å²) in [6.45, 7) is 5.92. The van der Waals surface area contributed by atoms with E-state index in [0.717, 1.165) is 0 Å². The van der Waals surface area contributed by atoms with Crippen LogP contribution in [0.5, 0.6) is 0 Å². The lowest BCUT2D eigenvalue weighted by atomic mass is 9.99. The van der Waals surface area contributed by atoms with Crippen molar-refractivity contribution in [2.75, 3.05) is 6.54 Å². The van der Waals surface area contributed by atoms with Gasteiger partial charge in [-0.15, -0.1) is 0 Å². The fourth-order valence-electron chi connectivity index (χ4n) is 1.82. The van der Waals surface area contributed by atoms with Crippen molar-refractivity contribution >= 4 is 23.7 Å². The molecular formula is C15H28N4O6. The van der Waals surface area contributed by atoms with Crippen molar-refractivity contribution in [1.82, 2.24) is 16.0 Å². The highest BCUT2D eigenvalue weighted by atomic mass is 16.4. The van der Waals surface area contributed by atoms with Gasteiger partial charge in [-0.2, -0.15) is 0 Å². The summed E-state index contributed by atoms with van der Waals surface area (Å²) in [5.74, 6) is -3.31. The normalized spacial score (nSPS) is 16.7. The van der Waals surface area contributed by atoms with Gasteiger partial charge < -0.3 is 31.9 Å². The summed E-state index contributed by atoms with van der Waals surface area (Å²) < 4.78 is 0. The van der Waals surface area contributed by atoms with Gasteiger partial charge in [0.1, 0.15) is 6.04 Å². The predicted molar refractivity (Wildman–Crippen MR) is 89.3 cm³/mol. The van der Waals surface area contributed by atoms with E-state index in [0.29, 0.717) is 6.42 Å². The maximum atomic E-state index is 11.9. The van der Waals surface area contributed by atoms with Gasteiger partial charge in [-0.1, -0.05) is 20.3 Å². The minimum absolute atomic E-state index is 0.0406. The second-order valence-corrected chi connectivity index (χ2v) is 5.98. The smallest absolute Gasteiger partial charge is 0.328 e. The lowest BCUT2D eigenvalue weighted by Crippen LogP contribution is -2.55. The second-order valence-electron chi connectivity index (χ2n) is 5.98. The molecule has 0 aliphatic carbocycles. The number of nitrogens with two attached hydrogens (primary N) is 1. The fourth-order valence-corrected chi connectivity index (χ4v) is 1.82. The summed E-state index contributed by atoms with van der Waals surface area (Å²) in [6, 6.07) is -3.27. The Morgan fingerprint density at radius 2 is 1.60 bits per heavy atom. The molecule has 0 aliphatic rings. The van der Waals surface area contributed by atoms with Gasteiger partial charge in [-0.25, -0.2) is 4.79 Å². The van der Waals surface area contributed by atoms with Gasteiger partial charge in [0.15, 0.2) is 6.04 Å². The number of carboxylic acids is 1. The number of amides is 3. The first-order chi connectivity index (χ1) is 11.5. The van der Waals surface area contributed by atoms with Gasteiger partial charge in [-0.3, -0.25) is 14.4 Å². The molecule has 5 atom stereocenters. The molecule has 0 fully saturated rings. The number of hydrogen-bond donors (Lipinski definition) is 6. The Bertz CT molecular complexity index is 496. The van der Waals surface area contributed by atoms with Crippen molar-refractivity contribution in [2.45, 2.75) is 58.3 Å². The Hall–Kier alpha value is -2.20. The maximum absolute atomic E-state index is 11.9. The van der Waals surface area contributed by atoms with E-state index in [4.69, 9.17) is 10.8 Å². The summed E-state index contributed by atoms with van der Waals surface area (Å²) in [4.78, 5) is 46.3. The van der Waals surface area contributed by atoms with E-state index in [1.807, 2.05) is 13.8 Å². The van der Waals surface area contributed by atoms with Gasteiger partial charge in [0.05, 0.1) is 18.7 Å². The van der Waals surface area contributed by atoms with Crippen molar-refractivity contribution in [3.63, 3.8) is 0 Å². The number of carboxylic acid groups (broad SMARTS) is 1. The van der Waals surface area contributed by atoms with Gasteiger partial charge >= 0.3 is 5.97 Å². The molecule has 0 bridgehead atoms. The molecule has 144 valence electrons. The highest BCUT2D eigenvalue weighted by Crippen LogP contribution is 2.04. The third-order valence-electron chi connectivity index (χ3n) is 3.80. The van der Waals surface area contributed by atoms with Crippen molar-refractivity contribution < 1.29 is 29.4 Å². The summed E-state index contributed by atoms with van der Waals surface area (Å²) >= 11 is 0. The molecule has 7 N–H and O–H groups in total. The molecule has 25 heavy (non-hydrogen) atoms. The van der Waals surface area contributed by atoms with Crippen LogP contribution >= 0.6 is 0 Å². The van der Waals surface area contributed by atoms with Crippen LogP contribution in [0.4, 0.5) is 0 Å². The lowest BCUT2D eigenvalue weighted by molar-refractivity contribution is -0.145. The lowest BCUT2D eigenvalue weighted by Gasteiger charge is -2.21. The van der Waals surface area contributed by atoms with Gasteiger partial charge in [0.2, 0.25) is 17.7 Å². The zero-order chi connectivity index (χ0) is 19.7. The van der Waals surface area contributed by atoms with Crippen LogP contribution < -0.4 is 21.7 Å². The van der Waals surface area contributed by atoms with E-state index in [9.17, 15) is 24.3 Å². The molecule has 10 heteroatoms. The minimum atomic E-state index is -1.49. The van der Waals surface area contributed by atoms with Crippen LogP contribution in [0.2, 0.25) is 0 Å². The van der Waals surface area contributed by atoms with Crippen molar-refractivity contribution in [3.8, 4) is 0 Å². The number of hydrogen-bond acceptors (Lipinski definition) is 6. The number of nitrogens with one attached hydrogen (secondary N) is 3. The number of carbonyl (C=O) groups is 4. The highest BCUT2D eigenvalue weighted by Gasteiger charge is 2.27. The number of aliphatic hydroxyl groups is 1. The van der Waals surface area contributed by atoms with Crippen LogP contribution in [0.25, 0.3) is 0 Å². The Morgan fingerprint density at radius 1 is 1.04 bits per heavy atom. The molecular weight excluding hydrogens is 332 g/mol. The van der Waals surface area contributed by atoms with E-state index < -0.39 is 47.9 Å². The molecule has 0 spiro atoms. The summed E-state index contributed by atoms with van der Waals surface area (Å²) in [5, 5.41) is 25.0. The third-order valence-corrected chi connectivity index (χ3v) is 3.80. The van der Waals surface area contributed by atoms with E-state index in [1.54, 1.807) is 0 Å². The molecule has 10 nitrogen and oxygen atoms in total. The molecule has 0 heterocycles. The van der Waals surface area contributed by atoms with Gasteiger partial charge in [0.25, 0.3) is 0 Å². The van der Waals surface area contributed by atoms with Crippen LogP contribution in [0.1, 0.15) is 34.1 Å². The van der Waals surface area contributed by atoms with Crippen LogP contribution in [0.3, 0.4) is 0 Å². The van der Waals surface area contributed by atoms with E-state index >= 15 is 0 Å². The monoisotopic (exact) mass is 360 g/mol. The number of rotatable bonds is 10. The topological polar surface area (TPSA) is 171 Å². The molecule has 0 aliphatic heterocycles. The van der Waals surface area contributed by atoms with Crippen molar-refractivity contribution in [1.29, 1.82) is 0 Å². The fraction of sp³-hybridized carbons (Fsp3) is 0.733. The van der Waals surface area contributed by atoms with Crippen LogP contribution in [-0.4, -0.2) is 64.7 Å². The van der Waals surface area contributed by atoms with Crippen molar-refractivity contribution in [3.05, 3.63) is 0 Å². The van der Waals surface area contributed by atoms with Crippen LogP contribution in [0, 0.1) is 5.92 Å². The minimum Gasteiger partial charge on any atom is -0.480 e. The number of aliphatic carboxylic acids is 1. The molecule has 5 unspecified atom stereocenters. The number of carbonyl (C=O) groups excluding carboxylic acids is 3. The molecule has 0 aromatic heterocycles. The summed E-state index contributed by atoms with van der Waals surface area (Å²) in [5.41, 5.74) is 5.73. The van der Waals surface area contributed by atoms with Crippen LogP contribution in [0.15, 0.2) is 0 Å². The quantitative estimate of drug-likeness (QED) is 0.260. The standard InChI is InChI=1S/C15H28N4O6/c1-5-7(2)11(16)14(23)17-6-10(21)18-8(3)13(22)19-12(9(4)20)15(24)25/h7-9,11-12,20H,5-6,16H2,1-4H3,(H,17,23)(H,18,21)(H,19,22)(H,24,25). The molecule has 0 rings (SSSR count). The van der Waals surface area contributed by atoms with Gasteiger partial charge in [-0.05, 0) is 19.8 Å². The van der Waals surface area contributed by atoms with Crippen LogP contribution in [-0.2, 0) is 19.2 Å². The Balaban J connectivity index is 4.44. The van der Waals surface area contributed by atoms with Gasteiger partial charge in [0, 0.05) is 0 Å². The number of aliphatic hydroxyl groups excluding tert-OH is 1. The third kappa shape index (κ3) is 7.94. The zero-order valence-corrected chi connectivity index (χ0v) is 14.9. The Kier molecular flexibility index (Phi) is 9.69. The Labute approximate surface area is 146 Å². The summed E-state index contributed by atoms with van der Waals surface area (Å²) in [7, 11) is 0. The first-order valence-electron chi connectivity index (χ1n) is 8.05. The average Bonchev–Trinajstić information content (AvgIpc) is 2.54. The molecule has 0 radical (unpaired) electrons.